The molecule has 0 heterocycles. The zero-order chi connectivity index (χ0) is 9.50. The summed E-state index contributed by atoms with van der Waals surface area (Å²) < 4.78 is 29.8. The summed E-state index contributed by atoms with van der Waals surface area (Å²) in [7, 11) is -2.06. The Morgan fingerprint density at radius 2 is 1.86 bits per heavy atom. The molecule has 0 aliphatic heterocycles. The van der Waals surface area contributed by atoms with Crippen LogP contribution in [0.25, 0.3) is 0 Å². The van der Waals surface area contributed by atoms with Gasteiger partial charge >= 0.3 is 0 Å². The first kappa shape index (κ1) is 2.67. The van der Waals surface area contributed by atoms with Gasteiger partial charge in [0.25, 0.3) is 0 Å². The maximum atomic E-state index is 7.58. The van der Waals surface area contributed by atoms with Gasteiger partial charge in [-0.25, -0.2) is 0 Å². The van der Waals surface area contributed by atoms with Crippen LogP contribution in [0.5, 0.6) is 0 Å². The van der Waals surface area contributed by atoms with Crippen molar-refractivity contribution < 1.29 is 5.48 Å². The Hall–Kier alpha value is 0.217. The molecule has 0 N–H and O–H groups in total. The van der Waals surface area contributed by atoms with E-state index in [9.17, 15) is 0 Å². The molecule has 0 aromatic carbocycles. The Kier molecular flexibility index (Phi) is 0.957. The fourth-order valence-electron chi connectivity index (χ4n) is 0.375. The van der Waals surface area contributed by atoms with E-state index in [4.69, 9.17) is 5.48 Å². The molecule has 0 saturated carbocycles. The van der Waals surface area contributed by atoms with Crippen molar-refractivity contribution in [3.63, 3.8) is 0 Å². The van der Waals surface area contributed by atoms with E-state index >= 15 is 0 Å². The quantitative estimate of drug-likeness (QED) is 0.492. The van der Waals surface area contributed by atoms with Crippen LogP contribution in [-0.2, 0) is 0 Å². The van der Waals surface area contributed by atoms with Crippen molar-refractivity contribution >= 4 is 8.07 Å². The van der Waals surface area contributed by atoms with Gasteiger partial charge in [-0.3, -0.25) is 0 Å². The van der Waals surface area contributed by atoms with Crippen LogP contribution in [-0.4, -0.2) is 8.07 Å². The topological polar surface area (TPSA) is 0 Å². The second-order valence-electron chi connectivity index (χ2n) is 2.62. The molecule has 0 radical (unpaired) electrons. The molecule has 0 nitrogen and oxygen atoms in total. The summed E-state index contributed by atoms with van der Waals surface area (Å²) in [6.45, 7) is 6.84. The summed E-state index contributed by atoms with van der Waals surface area (Å²) in [5, 5.41) is 0. The van der Waals surface area contributed by atoms with Crippen molar-refractivity contribution in [2.75, 3.05) is 0 Å². The van der Waals surface area contributed by atoms with Crippen LogP contribution >= 0.6 is 0 Å². The first-order chi connectivity index (χ1) is 4.50. The van der Waals surface area contributed by atoms with Crippen molar-refractivity contribution in [1.82, 2.24) is 0 Å². The monoisotopic (exact) mass is 120 g/mol. The molecule has 0 aliphatic carbocycles. The lowest BCUT2D eigenvalue weighted by atomic mass is 10.6. The maximum absolute atomic E-state index is 7.58. The second kappa shape index (κ2) is 2.51. The minimum atomic E-state index is -2.06. The molecule has 0 aromatic rings. The lowest BCUT2D eigenvalue weighted by Gasteiger charge is -2.12. The highest BCUT2D eigenvalue weighted by molar-refractivity contribution is 6.76. The van der Waals surface area contributed by atoms with Gasteiger partial charge in [0.15, 0.2) is 0 Å². The van der Waals surface area contributed by atoms with E-state index in [1.807, 2.05) is 19.6 Å². The van der Waals surface area contributed by atoms with Crippen molar-refractivity contribution in [3.8, 4) is 0 Å². The van der Waals surface area contributed by atoms with Crippen molar-refractivity contribution in [3.05, 3.63) is 0 Å². The zero-order valence-electron chi connectivity index (χ0n) is 9.50. The lowest BCUT2D eigenvalue weighted by molar-refractivity contribution is 1.05. The first-order valence-electron chi connectivity index (χ1n) is 4.50. The molecule has 0 fully saturated rings. The van der Waals surface area contributed by atoms with Gasteiger partial charge < -0.3 is 0 Å². The lowest BCUT2D eigenvalue weighted by Crippen LogP contribution is -2.17. The fraction of sp³-hybridized carbons (Fsp3) is 1.00. The molecule has 0 aromatic heterocycles. The second-order valence-corrected chi connectivity index (χ2v) is 7.38. The standard InChI is InChI=1S/C6H16Si/c1-5-6-7(2,3)4/h5-6H2,1-4H3/i5D2,6D2. The number of hydrogen-bond acceptors (Lipinski definition) is 0. The van der Waals surface area contributed by atoms with Crippen LogP contribution in [0.1, 0.15) is 18.8 Å². The summed E-state index contributed by atoms with van der Waals surface area (Å²) in [6, 6.07) is 0. The summed E-state index contributed by atoms with van der Waals surface area (Å²) in [5.41, 5.74) is 0. The van der Waals surface area contributed by atoms with Gasteiger partial charge in [-0.15, -0.1) is 0 Å². The highest BCUT2D eigenvalue weighted by Gasteiger charge is 2.09. The molecule has 0 amide bonds. The molecule has 44 valence electrons. The zero-order valence-corrected chi connectivity index (χ0v) is 6.50. The van der Waals surface area contributed by atoms with Gasteiger partial charge in [-0.05, 0) is 0 Å². The van der Waals surface area contributed by atoms with Crippen molar-refractivity contribution in [2.45, 2.75) is 38.9 Å². The number of hydrogen-bond donors (Lipinski definition) is 0. The van der Waals surface area contributed by atoms with Crippen molar-refractivity contribution in [1.29, 1.82) is 0 Å². The van der Waals surface area contributed by atoms with Gasteiger partial charge in [0.05, 0.1) is 0 Å². The van der Waals surface area contributed by atoms with E-state index in [0.29, 0.717) is 0 Å². The van der Waals surface area contributed by atoms with Gasteiger partial charge in [0.2, 0.25) is 0 Å². The summed E-state index contributed by atoms with van der Waals surface area (Å²) in [5.74, 6) is -1.65. The first-order valence-corrected chi connectivity index (χ1v) is 6.00. The predicted octanol–water partition coefficient (Wildman–Crippen LogP) is 2.73. The highest BCUT2D eigenvalue weighted by atomic mass is 28.3. The van der Waals surface area contributed by atoms with Crippen molar-refractivity contribution in [2.24, 2.45) is 0 Å². The summed E-state index contributed by atoms with van der Waals surface area (Å²) in [6.07, 6.45) is -1.72. The Labute approximate surface area is 53.6 Å². The molecular weight excluding hydrogens is 100 g/mol. The smallest absolute Gasteiger partial charge is 0.0442 e. The minimum absolute atomic E-state index is 1.31. The summed E-state index contributed by atoms with van der Waals surface area (Å²) in [4.78, 5) is 0. The molecule has 0 atom stereocenters. The SMILES string of the molecule is [2H]C([2H])(C)C([2H])([2H])[Si](C)(C)C. The highest BCUT2D eigenvalue weighted by Crippen LogP contribution is 2.09. The molecule has 0 rings (SSSR count). The fourth-order valence-corrected chi connectivity index (χ4v) is 1.12. The molecule has 0 aliphatic rings. The van der Waals surface area contributed by atoms with Crippen LogP contribution in [0.15, 0.2) is 0 Å². The van der Waals surface area contributed by atoms with Gasteiger partial charge in [0.1, 0.15) is 0 Å². The molecular formula is C6H16Si. The summed E-state index contributed by atoms with van der Waals surface area (Å²) >= 11 is 0. The van der Waals surface area contributed by atoms with Gasteiger partial charge in [0, 0.05) is 13.6 Å². The molecule has 0 spiro atoms. The average molecular weight is 120 g/mol. The van der Waals surface area contributed by atoms with E-state index in [0.717, 1.165) is 0 Å². The molecule has 7 heavy (non-hydrogen) atoms. The molecule has 1 heteroatoms. The van der Waals surface area contributed by atoms with Crippen LogP contribution in [0, 0.1) is 0 Å². The normalized spacial score (nSPS) is 24.6. The molecule has 0 saturated heterocycles. The van der Waals surface area contributed by atoms with E-state index in [-0.39, 0.29) is 0 Å². The van der Waals surface area contributed by atoms with E-state index in [2.05, 4.69) is 0 Å². The van der Waals surface area contributed by atoms with E-state index < -0.39 is 20.4 Å². The van der Waals surface area contributed by atoms with E-state index in [1.54, 1.807) is 0 Å². The van der Waals surface area contributed by atoms with Gasteiger partial charge in [-0.2, -0.15) is 0 Å². The Bertz CT molecular complexity index is 126. The van der Waals surface area contributed by atoms with Crippen LogP contribution in [0.3, 0.4) is 0 Å². The van der Waals surface area contributed by atoms with Crippen LogP contribution in [0.2, 0.25) is 25.6 Å². The van der Waals surface area contributed by atoms with E-state index in [1.165, 1.54) is 6.92 Å². The third kappa shape index (κ3) is 6.22. The molecule has 0 unspecified atom stereocenters. The third-order valence-electron chi connectivity index (χ3n) is 0.500. The number of rotatable bonds is 2. The Balaban J connectivity index is 4.75. The Morgan fingerprint density at radius 1 is 1.43 bits per heavy atom. The minimum Gasteiger partial charge on any atom is -0.0695 e. The third-order valence-corrected chi connectivity index (χ3v) is 1.50. The Morgan fingerprint density at radius 3 is 1.86 bits per heavy atom. The molecule has 0 bridgehead atoms. The largest absolute Gasteiger partial charge is 0.0695 e. The van der Waals surface area contributed by atoms with Gasteiger partial charge in [-0.1, -0.05) is 38.9 Å². The van der Waals surface area contributed by atoms with Crippen LogP contribution in [0.4, 0.5) is 0 Å². The predicted molar refractivity (Wildman–Crippen MR) is 38.4 cm³/mol. The van der Waals surface area contributed by atoms with Crippen LogP contribution < -0.4 is 0 Å². The maximum Gasteiger partial charge on any atom is 0.0442 e. The average Bonchev–Trinajstić information content (AvgIpc) is 1.58.